The van der Waals surface area contributed by atoms with Crippen LogP contribution in [0, 0.1) is 0 Å². The summed E-state index contributed by atoms with van der Waals surface area (Å²) in [4.78, 5) is 11.4. The highest BCUT2D eigenvalue weighted by Gasteiger charge is 2.42. The summed E-state index contributed by atoms with van der Waals surface area (Å²) in [5, 5.41) is 4.20. The Hall–Kier alpha value is -3.71. The van der Waals surface area contributed by atoms with Gasteiger partial charge in [-0.2, -0.15) is 0 Å². The van der Waals surface area contributed by atoms with Crippen molar-refractivity contribution in [2.24, 2.45) is 0 Å². The van der Waals surface area contributed by atoms with Crippen LogP contribution < -0.4 is 15.0 Å². The highest BCUT2D eigenvalue weighted by atomic mass is 32.1. The smallest absolute Gasteiger partial charge is 0.174 e. The van der Waals surface area contributed by atoms with E-state index in [0.717, 1.165) is 28.5 Å². The van der Waals surface area contributed by atoms with Gasteiger partial charge < -0.3 is 19.5 Å². The lowest BCUT2D eigenvalue weighted by atomic mass is 10.0. The van der Waals surface area contributed by atoms with Crippen LogP contribution in [0.25, 0.3) is 0 Å². The van der Waals surface area contributed by atoms with E-state index in [2.05, 4.69) is 55.2 Å². The summed E-state index contributed by atoms with van der Waals surface area (Å²) in [6.07, 6.45) is 5.87. The molecule has 1 fully saturated rings. The van der Waals surface area contributed by atoms with Crippen molar-refractivity contribution in [3.63, 3.8) is 0 Å². The number of benzene rings is 1. The van der Waals surface area contributed by atoms with Gasteiger partial charge in [0.05, 0.1) is 30.1 Å². The molecule has 0 saturated carbocycles. The first kappa shape index (κ1) is 22.1. The molecular weight excluding hydrogens is 442 g/mol. The summed E-state index contributed by atoms with van der Waals surface area (Å²) in [5.74, 6) is 0.841. The zero-order chi connectivity index (χ0) is 23.5. The summed E-state index contributed by atoms with van der Waals surface area (Å²) in [5.41, 5.74) is 4.09. The number of rotatable bonds is 7. The van der Waals surface area contributed by atoms with Crippen molar-refractivity contribution in [1.29, 1.82) is 0 Å². The third kappa shape index (κ3) is 4.52. The van der Waals surface area contributed by atoms with Gasteiger partial charge in [-0.25, -0.2) is 0 Å². The molecule has 7 heteroatoms. The molecule has 1 aliphatic heterocycles. The Bertz CT molecular complexity index is 1240. The van der Waals surface area contributed by atoms with E-state index in [0.29, 0.717) is 11.7 Å². The Morgan fingerprint density at radius 1 is 0.941 bits per heavy atom. The van der Waals surface area contributed by atoms with Gasteiger partial charge in [-0.3, -0.25) is 9.97 Å². The van der Waals surface area contributed by atoms with Crippen molar-refractivity contribution in [3.05, 3.63) is 108 Å². The average Bonchev–Trinajstić information content (AvgIpc) is 3.44. The molecule has 1 aliphatic rings. The van der Waals surface area contributed by atoms with Gasteiger partial charge in [0.25, 0.3) is 0 Å². The number of hydrogen-bond donors (Lipinski definition) is 1. The first-order chi connectivity index (χ1) is 16.6. The van der Waals surface area contributed by atoms with Gasteiger partial charge in [0.2, 0.25) is 0 Å². The van der Waals surface area contributed by atoms with E-state index in [4.69, 9.17) is 17.0 Å². The molecule has 1 saturated heterocycles. The van der Waals surface area contributed by atoms with Crippen molar-refractivity contribution in [2.75, 3.05) is 4.90 Å². The van der Waals surface area contributed by atoms with Crippen molar-refractivity contribution in [1.82, 2.24) is 19.9 Å². The van der Waals surface area contributed by atoms with E-state index < -0.39 is 0 Å². The van der Waals surface area contributed by atoms with Gasteiger partial charge in [0, 0.05) is 30.0 Å². The van der Waals surface area contributed by atoms with E-state index in [9.17, 15) is 0 Å². The van der Waals surface area contributed by atoms with E-state index in [-0.39, 0.29) is 18.2 Å². The van der Waals surface area contributed by atoms with E-state index in [1.54, 1.807) is 0 Å². The maximum atomic E-state index is 5.86. The SMILES string of the molecule is CC(C)Oc1ccc(N2C(=S)NC(c3ccccn3)C2c2cccn2Cc2ccccn2)cc1. The van der Waals surface area contributed by atoms with Crippen LogP contribution in [-0.4, -0.2) is 25.8 Å². The standard InChI is InChI=1S/C27H27N5OS/c1-19(2)33-22-13-11-21(12-14-22)32-26(25(30-27(32)34)23-9-4-6-16-29-23)24-10-7-17-31(24)18-20-8-3-5-15-28-20/h3-17,19,25-26H,18H2,1-2H3,(H,30,34). The average molecular weight is 470 g/mol. The fourth-order valence-electron chi connectivity index (χ4n) is 4.40. The molecule has 4 aromatic rings. The zero-order valence-electron chi connectivity index (χ0n) is 19.2. The van der Waals surface area contributed by atoms with Crippen molar-refractivity contribution in [3.8, 4) is 5.75 Å². The Morgan fingerprint density at radius 3 is 2.38 bits per heavy atom. The predicted octanol–water partition coefficient (Wildman–Crippen LogP) is 5.29. The van der Waals surface area contributed by atoms with Crippen molar-refractivity contribution >= 4 is 23.0 Å². The second-order valence-electron chi connectivity index (χ2n) is 8.54. The largest absolute Gasteiger partial charge is 0.491 e. The molecule has 0 bridgehead atoms. The number of aromatic nitrogens is 3. The number of nitrogens with one attached hydrogen (secondary N) is 1. The number of ether oxygens (including phenoxy) is 1. The minimum Gasteiger partial charge on any atom is -0.491 e. The first-order valence-corrected chi connectivity index (χ1v) is 11.8. The second-order valence-corrected chi connectivity index (χ2v) is 8.93. The van der Waals surface area contributed by atoms with E-state index in [1.165, 1.54) is 0 Å². The normalized spacial score (nSPS) is 17.7. The number of nitrogens with zero attached hydrogens (tertiary/aromatic N) is 4. The van der Waals surface area contributed by atoms with Crippen LogP contribution in [0.3, 0.4) is 0 Å². The van der Waals surface area contributed by atoms with Gasteiger partial charge in [0.1, 0.15) is 11.8 Å². The predicted molar refractivity (Wildman–Crippen MR) is 138 cm³/mol. The molecule has 2 atom stereocenters. The lowest BCUT2D eigenvalue weighted by molar-refractivity contribution is 0.242. The van der Waals surface area contributed by atoms with Gasteiger partial charge in [0.15, 0.2) is 5.11 Å². The molecule has 0 aliphatic carbocycles. The molecule has 3 aromatic heterocycles. The molecular formula is C27H27N5OS. The fraction of sp³-hybridized carbons (Fsp3) is 0.222. The summed E-state index contributed by atoms with van der Waals surface area (Å²) in [6.45, 7) is 4.73. The highest BCUT2D eigenvalue weighted by Crippen LogP contribution is 2.42. The van der Waals surface area contributed by atoms with Crippen LogP contribution in [0.5, 0.6) is 5.75 Å². The molecule has 34 heavy (non-hydrogen) atoms. The fourth-order valence-corrected chi connectivity index (χ4v) is 4.74. The van der Waals surface area contributed by atoms with E-state index >= 15 is 0 Å². The molecule has 1 aromatic carbocycles. The van der Waals surface area contributed by atoms with Crippen molar-refractivity contribution < 1.29 is 4.74 Å². The third-order valence-electron chi connectivity index (χ3n) is 5.81. The third-order valence-corrected chi connectivity index (χ3v) is 6.13. The van der Waals surface area contributed by atoms with Crippen LogP contribution >= 0.6 is 12.2 Å². The quantitative estimate of drug-likeness (QED) is 0.371. The number of anilines is 1. The Kier molecular flexibility index (Phi) is 6.27. The second kappa shape index (κ2) is 9.65. The molecule has 2 unspecified atom stereocenters. The topological polar surface area (TPSA) is 55.2 Å². The molecule has 0 amide bonds. The lowest BCUT2D eigenvalue weighted by Crippen LogP contribution is -2.30. The van der Waals surface area contributed by atoms with Crippen LogP contribution in [-0.2, 0) is 6.54 Å². The maximum absolute atomic E-state index is 5.86. The number of hydrogen-bond acceptors (Lipinski definition) is 4. The Morgan fingerprint density at radius 2 is 1.71 bits per heavy atom. The summed E-state index contributed by atoms with van der Waals surface area (Å²) in [6, 6.07) is 24.1. The minimum absolute atomic E-state index is 0.0852. The minimum atomic E-state index is -0.0994. The maximum Gasteiger partial charge on any atom is 0.174 e. The number of thiocarbonyl (C=S) groups is 1. The molecule has 6 nitrogen and oxygen atoms in total. The molecule has 0 spiro atoms. The van der Waals surface area contributed by atoms with Gasteiger partial charge in [-0.1, -0.05) is 12.1 Å². The van der Waals surface area contributed by atoms with Gasteiger partial charge in [-0.15, -0.1) is 0 Å². The summed E-state index contributed by atoms with van der Waals surface area (Å²) < 4.78 is 8.08. The van der Waals surface area contributed by atoms with Gasteiger partial charge >= 0.3 is 0 Å². The van der Waals surface area contributed by atoms with Crippen LogP contribution in [0.1, 0.15) is 43.0 Å². The first-order valence-electron chi connectivity index (χ1n) is 11.4. The monoisotopic (exact) mass is 469 g/mol. The zero-order valence-corrected chi connectivity index (χ0v) is 20.0. The summed E-state index contributed by atoms with van der Waals surface area (Å²) >= 11 is 5.86. The van der Waals surface area contributed by atoms with Gasteiger partial charge in [-0.05, 0) is 86.7 Å². The Labute approximate surface area is 205 Å². The van der Waals surface area contributed by atoms with E-state index in [1.807, 2.05) is 74.8 Å². The van der Waals surface area contributed by atoms with Crippen LogP contribution in [0.4, 0.5) is 5.69 Å². The lowest BCUT2D eigenvalue weighted by Gasteiger charge is -2.29. The molecule has 4 heterocycles. The molecule has 172 valence electrons. The Balaban J connectivity index is 1.55. The van der Waals surface area contributed by atoms with Crippen LogP contribution in [0.2, 0.25) is 0 Å². The van der Waals surface area contributed by atoms with Crippen LogP contribution in [0.15, 0.2) is 91.4 Å². The highest BCUT2D eigenvalue weighted by molar-refractivity contribution is 7.80. The number of pyridine rings is 2. The van der Waals surface area contributed by atoms with Crippen molar-refractivity contribution in [2.45, 2.75) is 38.6 Å². The molecule has 5 rings (SSSR count). The molecule has 1 N–H and O–H groups in total. The molecule has 0 radical (unpaired) electrons. The summed E-state index contributed by atoms with van der Waals surface area (Å²) in [7, 11) is 0.